The molecule has 2 fully saturated rings. The molecule has 7 aromatic carbocycles. The van der Waals surface area contributed by atoms with Crippen LogP contribution in [0.1, 0.15) is 38.9 Å². The van der Waals surface area contributed by atoms with Gasteiger partial charge in [-0.3, -0.25) is 0 Å². The van der Waals surface area contributed by atoms with E-state index in [0.29, 0.717) is 19.8 Å². The van der Waals surface area contributed by atoms with E-state index < -0.39 is 61.4 Å². The largest absolute Gasteiger partial charge is 0.374 e. The van der Waals surface area contributed by atoms with E-state index in [4.69, 9.17) is 52.1 Å². The molecule has 2 saturated heterocycles. The number of methoxy groups -OCH3 is 1. The summed E-state index contributed by atoms with van der Waals surface area (Å²) in [4.78, 5) is 0. The van der Waals surface area contributed by atoms with Crippen LogP contribution in [0.15, 0.2) is 212 Å². The predicted molar refractivity (Wildman–Crippen MR) is 276 cm³/mol. The molecular weight excluding hydrogens is 921 g/mol. The van der Waals surface area contributed by atoms with E-state index in [0.717, 1.165) is 38.9 Å². The van der Waals surface area contributed by atoms with Gasteiger partial charge in [0.2, 0.25) is 0 Å². The van der Waals surface area contributed by atoms with E-state index in [2.05, 4.69) is 0 Å². The Kier molecular flexibility index (Phi) is 19.9. The number of benzene rings is 7. The molecule has 7 aromatic rings. The van der Waals surface area contributed by atoms with Gasteiger partial charge in [-0.25, -0.2) is 0 Å². The molecule has 0 bridgehead atoms. The minimum Gasteiger partial charge on any atom is -0.374 e. The van der Waals surface area contributed by atoms with Gasteiger partial charge in [0.1, 0.15) is 48.8 Å². The average Bonchev–Trinajstić information content (AvgIpc) is 3.79. The first kappa shape index (κ1) is 52.0. The zero-order valence-corrected chi connectivity index (χ0v) is 41.3. The molecule has 9 rings (SSSR count). The summed E-state index contributed by atoms with van der Waals surface area (Å²) in [6.45, 7) is 2.39. The Morgan fingerprint density at radius 1 is 0.356 bits per heavy atom. The fourth-order valence-corrected chi connectivity index (χ4v) is 9.13. The van der Waals surface area contributed by atoms with Crippen molar-refractivity contribution in [1.82, 2.24) is 0 Å². The molecule has 73 heavy (non-hydrogen) atoms. The second-order valence-corrected chi connectivity index (χ2v) is 18.2. The van der Waals surface area contributed by atoms with Crippen molar-refractivity contribution in [1.29, 1.82) is 0 Å². The van der Waals surface area contributed by atoms with Crippen molar-refractivity contribution in [3.05, 3.63) is 251 Å². The van der Waals surface area contributed by atoms with Gasteiger partial charge in [0.25, 0.3) is 0 Å². The van der Waals surface area contributed by atoms with Gasteiger partial charge < -0.3 is 52.1 Å². The van der Waals surface area contributed by atoms with Crippen molar-refractivity contribution in [3.8, 4) is 0 Å². The van der Waals surface area contributed by atoms with Gasteiger partial charge in [-0.2, -0.15) is 0 Å². The zero-order valence-electron chi connectivity index (χ0n) is 41.3. The maximum Gasteiger partial charge on any atom is 0.187 e. The highest BCUT2D eigenvalue weighted by atomic mass is 16.8. The van der Waals surface area contributed by atoms with Crippen molar-refractivity contribution < 1.29 is 52.1 Å². The van der Waals surface area contributed by atoms with Crippen LogP contribution in [-0.4, -0.2) is 81.7 Å². The first-order valence-corrected chi connectivity index (χ1v) is 25.2. The average molecular weight is 987 g/mol. The van der Waals surface area contributed by atoms with Crippen LogP contribution in [0.5, 0.6) is 0 Å². The highest BCUT2D eigenvalue weighted by molar-refractivity contribution is 5.19. The van der Waals surface area contributed by atoms with E-state index in [1.807, 2.05) is 212 Å². The maximum absolute atomic E-state index is 7.46. The van der Waals surface area contributed by atoms with Crippen LogP contribution >= 0.6 is 0 Å². The van der Waals surface area contributed by atoms with Gasteiger partial charge in [-0.1, -0.05) is 212 Å². The molecule has 2 aliphatic heterocycles. The molecule has 0 aliphatic carbocycles. The molecule has 0 unspecified atom stereocenters. The molecule has 380 valence electrons. The fourth-order valence-electron chi connectivity index (χ4n) is 9.13. The summed E-state index contributed by atoms with van der Waals surface area (Å²) < 4.78 is 75.5. The summed E-state index contributed by atoms with van der Waals surface area (Å²) in [5.41, 5.74) is 6.99. The highest BCUT2D eigenvalue weighted by Gasteiger charge is 2.55. The van der Waals surface area contributed by atoms with E-state index in [9.17, 15) is 0 Å². The predicted octanol–water partition coefficient (Wildman–Crippen LogP) is 10.8. The minimum absolute atomic E-state index is 0.131. The molecule has 0 N–H and O–H groups in total. The van der Waals surface area contributed by atoms with Crippen LogP contribution in [0.2, 0.25) is 0 Å². The van der Waals surface area contributed by atoms with Crippen LogP contribution in [0.4, 0.5) is 0 Å². The number of rotatable bonds is 27. The molecule has 0 amide bonds. The Labute approximate surface area is 429 Å². The molecule has 2 heterocycles. The van der Waals surface area contributed by atoms with Gasteiger partial charge in [0.15, 0.2) is 12.6 Å². The van der Waals surface area contributed by atoms with E-state index in [1.165, 1.54) is 0 Å². The summed E-state index contributed by atoms with van der Waals surface area (Å²) in [5, 5.41) is 0. The Hall–Kier alpha value is -5.90. The smallest absolute Gasteiger partial charge is 0.187 e. The molecule has 2 aliphatic rings. The molecule has 0 spiro atoms. The van der Waals surface area contributed by atoms with Crippen LogP contribution in [0.3, 0.4) is 0 Å². The topological polar surface area (TPSA) is 102 Å². The summed E-state index contributed by atoms with van der Waals surface area (Å²) >= 11 is 0. The maximum atomic E-state index is 7.46. The number of hydrogen-bond donors (Lipinski definition) is 0. The molecule has 11 heteroatoms. The van der Waals surface area contributed by atoms with Crippen LogP contribution in [0, 0.1) is 0 Å². The molecule has 10 atom stereocenters. The summed E-state index contributed by atoms with van der Waals surface area (Å²) in [6, 6.07) is 70.4. The zero-order chi connectivity index (χ0) is 49.7. The third kappa shape index (κ3) is 15.3. The minimum atomic E-state index is -1.05. The summed E-state index contributed by atoms with van der Waals surface area (Å²) in [7, 11) is 1.61. The van der Waals surface area contributed by atoms with Crippen molar-refractivity contribution in [2.24, 2.45) is 0 Å². The number of ether oxygens (including phenoxy) is 11. The highest BCUT2D eigenvalue weighted by Crippen LogP contribution is 2.38. The SMILES string of the molecule is CO[C@H]1O[C@H](COCc2ccccc2)[C@@H](O[C@@H]2O[C@@H]([C@@H](COCc3ccccc3)OCc3ccccc3)[C@H](OCc3ccccc3)[C@H]2OCc2ccccc2)[C@H](OCc2ccccc2)[C@H]1OCc1ccccc1. The standard InChI is InChI=1S/C62H66O11/c1-63-61-59(69-42-51-33-19-7-20-34-51)58(68-41-50-31-17-6-18-32-50)56(54(71-61)45-65-38-47-25-11-3-12-26-47)73-62-60(70-43-52-35-21-8-22-36-52)57(67-40-49-29-15-5-16-30-49)55(72-62)53(66-39-48-27-13-4-14-28-48)44-64-37-46-23-9-2-10-24-46/h2-36,53-62H,37-45H2,1H3/t53-,54-,55+,56-,57+,58+,59-,60-,61+,62+/m1/s1. The molecule has 0 aromatic heterocycles. The van der Waals surface area contributed by atoms with Gasteiger partial charge in [-0.05, 0) is 38.9 Å². The second-order valence-electron chi connectivity index (χ2n) is 18.2. The van der Waals surface area contributed by atoms with Crippen molar-refractivity contribution in [2.45, 2.75) is 108 Å². The summed E-state index contributed by atoms with van der Waals surface area (Å²) in [5.74, 6) is 0. The van der Waals surface area contributed by atoms with Crippen molar-refractivity contribution >= 4 is 0 Å². The van der Waals surface area contributed by atoms with Crippen LogP contribution in [0.25, 0.3) is 0 Å². The molecule has 11 nitrogen and oxygen atoms in total. The Bertz CT molecular complexity index is 2560. The van der Waals surface area contributed by atoms with Crippen molar-refractivity contribution in [3.63, 3.8) is 0 Å². The Morgan fingerprint density at radius 3 is 1.14 bits per heavy atom. The lowest BCUT2D eigenvalue weighted by atomic mass is 9.97. The third-order valence-electron chi connectivity index (χ3n) is 12.9. The normalized spacial score (nSPS) is 23.3. The van der Waals surface area contributed by atoms with Crippen molar-refractivity contribution in [2.75, 3.05) is 20.3 Å². The molecule has 0 saturated carbocycles. The fraction of sp³-hybridized carbons (Fsp3) is 0.323. The number of hydrogen-bond acceptors (Lipinski definition) is 11. The van der Waals surface area contributed by atoms with Gasteiger partial charge in [0, 0.05) is 7.11 Å². The van der Waals surface area contributed by atoms with Crippen LogP contribution < -0.4 is 0 Å². The van der Waals surface area contributed by atoms with E-state index in [1.54, 1.807) is 7.11 Å². The lowest BCUT2D eigenvalue weighted by molar-refractivity contribution is -0.344. The summed E-state index contributed by atoms with van der Waals surface area (Å²) in [6.07, 6.45) is -7.91. The molecular formula is C62H66O11. The van der Waals surface area contributed by atoms with E-state index in [-0.39, 0.29) is 39.6 Å². The lowest BCUT2D eigenvalue weighted by Crippen LogP contribution is -2.62. The van der Waals surface area contributed by atoms with Gasteiger partial charge in [0.05, 0.1) is 59.5 Å². The Balaban J connectivity index is 1.09. The van der Waals surface area contributed by atoms with Gasteiger partial charge >= 0.3 is 0 Å². The van der Waals surface area contributed by atoms with Crippen LogP contribution in [-0.2, 0) is 98.4 Å². The van der Waals surface area contributed by atoms with E-state index >= 15 is 0 Å². The quantitative estimate of drug-likeness (QED) is 0.0492. The lowest BCUT2D eigenvalue weighted by Gasteiger charge is -2.46. The second kappa shape index (κ2) is 28.0. The Morgan fingerprint density at radius 2 is 0.712 bits per heavy atom. The molecule has 0 radical (unpaired) electrons. The monoisotopic (exact) mass is 986 g/mol. The van der Waals surface area contributed by atoms with Gasteiger partial charge in [-0.15, -0.1) is 0 Å². The first-order valence-electron chi connectivity index (χ1n) is 25.2. The third-order valence-corrected chi connectivity index (χ3v) is 12.9. The first-order chi connectivity index (χ1) is 36.2.